The molecular weight excluding hydrogens is 292 g/mol. The van der Waals surface area contributed by atoms with Crippen LogP contribution in [0, 0.1) is 0 Å². The SMILES string of the molecule is O=C(c1cnc2ccccc2n1)N1CCC(n2cncn2)CC1. The van der Waals surface area contributed by atoms with Crippen LogP contribution in [0.4, 0.5) is 0 Å². The van der Waals surface area contributed by atoms with Gasteiger partial charge in [0, 0.05) is 13.1 Å². The first-order chi connectivity index (χ1) is 11.3. The summed E-state index contributed by atoms with van der Waals surface area (Å²) in [6.07, 6.45) is 6.58. The minimum atomic E-state index is -0.0553. The van der Waals surface area contributed by atoms with E-state index in [-0.39, 0.29) is 5.91 Å². The molecule has 1 amide bonds. The first-order valence-corrected chi connectivity index (χ1v) is 7.66. The molecule has 4 rings (SSSR count). The number of likely N-dealkylation sites (tertiary alicyclic amines) is 1. The number of carbonyl (C=O) groups is 1. The van der Waals surface area contributed by atoms with Gasteiger partial charge in [-0.05, 0) is 25.0 Å². The Morgan fingerprint density at radius 2 is 1.91 bits per heavy atom. The number of carbonyl (C=O) groups excluding carboxylic acids is 1. The van der Waals surface area contributed by atoms with E-state index in [1.54, 1.807) is 18.9 Å². The molecule has 0 atom stereocenters. The van der Waals surface area contributed by atoms with E-state index in [1.165, 1.54) is 0 Å². The number of nitrogens with zero attached hydrogens (tertiary/aromatic N) is 6. The van der Waals surface area contributed by atoms with E-state index in [4.69, 9.17) is 0 Å². The molecule has 0 saturated carbocycles. The second-order valence-electron chi connectivity index (χ2n) is 5.64. The average molecular weight is 308 g/mol. The molecule has 0 N–H and O–H groups in total. The van der Waals surface area contributed by atoms with E-state index < -0.39 is 0 Å². The van der Waals surface area contributed by atoms with Crippen LogP contribution in [-0.2, 0) is 0 Å². The van der Waals surface area contributed by atoms with Crippen molar-refractivity contribution in [3.63, 3.8) is 0 Å². The van der Waals surface area contributed by atoms with Crippen molar-refractivity contribution in [1.29, 1.82) is 0 Å². The summed E-state index contributed by atoms with van der Waals surface area (Å²) in [5.74, 6) is -0.0553. The Balaban J connectivity index is 1.48. The van der Waals surface area contributed by atoms with Gasteiger partial charge in [-0.2, -0.15) is 5.10 Å². The summed E-state index contributed by atoms with van der Waals surface area (Å²) in [7, 11) is 0. The maximum atomic E-state index is 12.6. The van der Waals surface area contributed by atoms with Gasteiger partial charge in [0.25, 0.3) is 5.91 Å². The van der Waals surface area contributed by atoms with Gasteiger partial charge in [-0.1, -0.05) is 12.1 Å². The van der Waals surface area contributed by atoms with Gasteiger partial charge in [0.05, 0.1) is 23.3 Å². The van der Waals surface area contributed by atoms with Crippen molar-refractivity contribution in [2.24, 2.45) is 0 Å². The van der Waals surface area contributed by atoms with Crippen molar-refractivity contribution in [3.05, 3.63) is 48.8 Å². The predicted octanol–water partition coefficient (Wildman–Crippen LogP) is 1.70. The Morgan fingerprint density at radius 1 is 1.13 bits per heavy atom. The second-order valence-corrected chi connectivity index (χ2v) is 5.64. The molecule has 116 valence electrons. The zero-order valence-electron chi connectivity index (χ0n) is 12.5. The molecule has 0 aliphatic carbocycles. The maximum absolute atomic E-state index is 12.6. The van der Waals surface area contributed by atoms with Crippen molar-refractivity contribution in [2.45, 2.75) is 18.9 Å². The Labute approximate surface area is 133 Å². The number of aromatic nitrogens is 5. The first kappa shape index (κ1) is 13.8. The van der Waals surface area contributed by atoms with Gasteiger partial charge >= 0.3 is 0 Å². The van der Waals surface area contributed by atoms with E-state index in [9.17, 15) is 4.79 Å². The van der Waals surface area contributed by atoms with Crippen LogP contribution in [0.15, 0.2) is 43.1 Å². The number of hydrogen-bond acceptors (Lipinski definition) is 5. The summed E-state index contributed by atoms with van der Waals surface area (Å²) in [6, 6.07) is 7.88. The number of hydrogen-bond donors (Lipinski definition) is 0. The van der Waals surface area contributed by atoms with Gasteiger partial charge in [0.1, 0.15) is 18.3 Å². The number of piperidine rings is 1. The van der Waals surface area contributed by atoms with E-state index >= 15 is 0 Å². The van der Waals surface area contributed by atoms with Crippen LogP contribution >= 0.6 is 0 Å². The van der Waals surface area contributed by atoms with Crippen molar-refractivity contribution >= 4 is 16.9 Å². The summed E-state index contributed by atoms with van der Waals surface area (Å²) in [4.78, 5) is 27.2. The molecule has 0 spiro atoms. The Morgan fingerprint density at radius 3 is 2.65 bits per heavy atom. The van der Waals surface area contributed by atoms with Crippen LogP contribution in [0.2, 0.25) is 0 Å². The van der Waals surface area contributed by atoms with Gasteiger partial charge in [0.2, 0.25) is 0 Å². The molecule has 3 heterocycles. The third-order valence-corrected chi connectivity index (χ3v) is 4.23. The smallest absolute Gasteiger partial charge is 0.274 e. The summed E-state index contributed by atoms with van der Waals surface area (Å²) in [6.45, 7) is 1.38. The van der Waals surface area contributed by atoms with Gasteiger partial charge < -0.3 is 4.90 Å². The predicted molar refractivity (Wildman–Crippen MR) is 83.7 cm³/mol. The topological polar surface area (TPSA) is 76.8 Å². The van der Waals surface area contributed by atoms with Gasteiger partial charge in [-0.25, -0.2) is 14.6 Å². The third kappa shape index (κ3) is 2.65. The summed E-state index contributed by atoms with van der Waals surface area (Å²) >= 11 is 0. The second kappa shape index (κ2) is 5.75. The Kier molecular flexibility index (Phi) is 3.45. The van der Waals surface area contributed by atoms with Crippen LogP contribution < -0.4 is 0 Å². The van der Waals surface area contributed by atoms with E-state index in [0.29, 0.717) is 24.8 Å². The molecule has 0 radical (unpaired) electrons. The molecule has 2 aromatic heterocycles. The molecule has 3 aromatic rings. The van der Waals surface area contributed by atoms with Crippen LogP contribution in [0.25, 0.3) is 11.0 Å². The highest BCUT2D eigenvalue weighted by molar-refractivity contribution is 5.93. The number of para-hydroxylation sites is 2. The van der Waals surface area contributed by atoms with Crippen molar-refractivity contribution in [3.8, 4) is 0 Å². The summed E-state index contributed by atoms with van der Waals surface area (Å²) in [5, 5.41) is 4.18. The molecule has 0 bridgehead atoms. The molecule has 23 heavy (non-hydrogen) atoms. The fraction of sp³-hybridized carbons (Fsp3) is 0.312. The number of amides is 1. The standard InChI is InChI=1S/C16H16N6O/c23-16(15-9-18-13-3-1-2-4-14(13)20-15)21-7-5-12(6-8-21)22-11-17-10-19-22/h1-4,9-12H,5-8H2. The number of benzene rings is 1. The number of fused-ring (bicyclic) bond motifs is 1. The molecular formula is C16H16N6O. The van der Waals surface area contributed by atoms with Crippen LogP contribution in [0.5, 0.6) is 0 Å². The fourth-order valence-corrected chi connectivity index (χ4v) is 2.96. The maximum Gasteiger partial charge on any atom is 0.274 e. The van der Waals surface area contributed by atoms with Crippen molar-refractivity contribution < 1.29 is 4.79 Å². The molecule has 1 fully saturated rings. The lowest BCUT2D eigenvalue weighted by Gasteiger charge is -2.31. The van der Waals surface area contributed by atoms with Gasteiger partial charge in [-0.15, -0.1) is 0 Å². The lowest BCUT2D eigenvalue weighted by molar-refractivity contribution is 0.0684. The molecule has 7 nitrogen and oxygen atoms in total. The monoisotopic (exact) mass is 308 g/mol. The van der Waals surface area contributed by atoms with E-state index in [1.807, 2.05) is 33.8 Å². The summed E-state index contributed by atoms with van der Waals surface area (Å²) in [5.41, 5.74) is 1.95. The van der Waals surface area contributed by atoms with Gasteiger partial charge in [0.15, 0.2) is 0 Å². The minimum Gasteiger partial charge on any atom is -0.337 e. The van der Waals surface area contributed by atoms with Crippen LogP contribution in [0.1, 0.15) is 29.4 Å². The number of rotatable bonds is 2. The highest BCUT2D eigenvalue weighted by Gasteiger charge is 2.25. The van der Waals surface area contributed by atoms with Crippen LogP contribution in [-0.4, -0.2) is 48.6 Å². The third-order valence-electron chi connectivity index (χ3n) is 4.23. The average Bonchev–Trinajstić information content (AvgIpc) is 3.15. The van der Waals surface area contributed by atoms with Crippen molar-refractivity contribution in [1.82, 2.24) is 29.6 Å². The highest BCUT2D eigenvalue weighted by atomic mass is 16.2. The van der Waals surface area contributed by atoms with Gasteiger partial charge in [-0.3, -0.25) is 9.78 Å². The quantitative estimate of drug-likeness (QED) is 0.720. The Hall–Kier alpha value is -2.83. The molecule has 1 saturated heterocycles. The van der Waals surface area contributed by atoms with E-state index in [0.717, 1.165) is 23.9 Å². The van der Waals surface area contributed by atoms with Crippen molar-refractivity contribution in [2.75, 3.05) is 13.1 Å². The fourth-order valence-electron chi connectivity index (χ4n) is 2.96. The lowest BCUT2D eigenvalue weighted by atomic mass is 10.1. The highest BCUT2D eigenvalue weighted by Crippen LogP contribution is 2.22. The molecule has 0 unspecified atom stereocenters. The molecule has 1 aromatic carbocycles. The summed E-state index contributed by atoms with van der Waals surface area (Å²) < 4.78 is 1.87. The zero-order chi connectivity index (χ0) is 15.6. The largest absolute Gasteiger partial charge is 0.337 e. The normalized spacial score (nSPS) is 15.9. The lowest BCUT2D eigenvalue weighted by Crippen LogP contribution is -2.39. The molecule has 1 aliphatic rings. The van der Waals surface area contributed by atoms with E-state index in [2.05, 4.69) is 20.1 Å². The molecule has 7 heteroatoms. The Bertz CT molecular complexity index is 823. The van der Waals surface area contributed by atoms with Crippen LogP contribution in [0.3, 0.4) is 0 Å². The first-order valence-electron chi connectivity index (χ1n) is 7.66. The zero-order valence-corrected chi connectivity index (χ0v) is 12.5. The minimum absolute atomic E-state index is 0.0553. The molecule has 1 aliphatic heterocycles.